The van der Waals surface area contributed by atoms with Crippen molar-refractivity contribution in [2.24, 2.45) is 5.73 Å². The van der Waals surface area contributed by atoms with Crippen molar-refractivity contribution in [3.8, 4) is 0 Å². The molecule has 1 unspecified atom stereocenters. The first kappa shape index (κ1) is 14.5. The molecule has 0 radical (unpaired) electrons. The maximum Gasteiger partial charge on any atom is 0.416 e. The van der Waals surface area contributed by atoms with Crippen LogP contribution in [0.15, 0.2) is 24.3 Å². The minimum atomic E-state index is -4.41. The Balaban J connectivity index is 3.08. The largest absolute Gasteiger partial charge is 0.480 e. The van der Waals surface area contributed by atoms with Crippen LogP contribution in [0.2, 0.25) is 0 Å². The van der Waals surface area contributed by atoms with E-state index in [0.717, 1.165) is 12.1 Å². The van der Waals surface area contributed by atoms with Crippen LogP contribution in [0.1, 0.15) is 25.0 Å². The number of aliphatic carboxylic acids is 1. The molecule has 0 heterocycles. The van der Waals surface area contributed by atoms with Gasteiger partial charge in [-0.25, -0.2) is 0 Å². The molecule has 1 aromatic rings. The molecule has 1 rings (SSSR count). The summed E-state index contributed by atoms with van der Waals surface area (Å²) in [4.78, 5) is 10.8. The fourth-order valence-corrected chi connectivity index (χ4v) is 1.58. The first-order valence-electron chi connectivity index (χ1n) is 5.23. The molecule has 18 heavy (non-hydrogen) atoms. The summed E-state index contributed by atoms with van der Waals surface area (Å²) in [7, 11) is 0. The van der Waals surface area contributed by atoms with E-state index in [1.807, 2.05) is 0 Å². The molecule has 0 bridgehead atoms. The minimum absolute atomic E-state index is 0.449. The lowest BCUT2D eigenvalue weighted by Gasteiger charge is -2.29. The third-order valence-electron chi connectivity index (χ3n) is 3.00. The molecule has 0 amide bonds. The summed E-state index contributed by atoms with van der Waals surface area (Å²) in [6, 6.07) is 3.17. The lowest BCUT2D eigenvalue weighted by atomic mass is 9.78. The van der Waals surface area contributed by atoms with E-state index in [2.05, 4.69) is 0 Å². The SMILES string of the molecule is CC(C)(c1ccc(C(F)(F)F)cc1)C(N)C(=O)O. The highest BCUT2D eigenvalue weighted by Crippen LogP contribution is 2.32. The van der Waals surface area contributed by atoms with Gasteiger partial charge < -0.3 is 10.8 Å². The molecule has 0 saturated carbocycles. The highest BCUT2D eigenvalue weighted by molar-refractivity contribution is 5.75. The van der Waals surface area contributed by atoms with Crippen molar-refractivity contribution in [1.29, 1.82) is 0 Å². The third kappa shape index (κ3) is 2.81. The molecule has 0 aliphatic carbocycles. The van der Waals surface area contributed by atoms with Crippen molar-refractivity contribution >= 4 is 5.97 Å². The van der Waals surface area contributed by atoms with Crippen LogP contribution in [0.25, 0.3) is 0 Å². The Morgan fingerprint density at radius 2 is 1.56 bits per heavy atom. The van der Waals surface area contributed by atoms with E-state index in [1.165, 1.54) is 12.1 Å². The Labute approximate surface area is 102 Å². The number of rotatable bonds is 3. The quantitative estimate of drug-likeness (QED) is 0.878. The molecule has 100 valence electrons. The molecule has 0 aliphatic heterocycles. The maximum absolute atomic E-state index is 12.4. The second-order valence-electron chi connectivity index (χ2n) is 4.61. The van der Waals surface area contributed by atoms with E-state index in [-0.39, 0.29) is 0 Å². The van der Waals surface area contributed by atoms with E-state index in [0.29, 0.717) is 5.56 Å². The zero-order chi connectivity index (χ0) is 14.1. The summed E-state index contributed by atoms with van der Waals surface area (Å²) in [5.74, 6) is -1.19. The number of halogens is 3. The summed E-state index contributed by atoms with van der Waals surface area (Å²) in [6.45, 7) is 3.16. The zero-order valence-electron chi connectivity index (χ0n) is 9.95. The number of alkyl halides is 3. The smallest absolute Gasteiger partial charge is 0.416 e. The Kier molecular flexibility index (Phi) is 3.71. The van der Waals surface area contributed by atoms with Crippen LogP contribution < -0.4 is 5.73 Å². The molecule has 0 aliphatic rings. The summed E-state index contributed by atoms with van der Waals surface area (Å²) in [6.07, 6.45) is -4.41. The molecular weight excluding hydrogens is 247 g/mol. The normalized spacial score (nSPS) is 14.3. The van der Waals surface area contributed by atoms with Gasteiger partial charge in [-0.3, -0.25) is 4.79 Å². The molecule has 6 heteroatoms. The number of carboxylic acid groups (broad SMARTS) is 1. The zero-order valence-corrected chi connectivity index (χ0v) is 9.95. The van der Waals surface area contributed by atoms with Gasteiger partial charge in [0.2, 0.25) is 0 Å². The number of hydrogen-bond acceptors (Lipinski definition) is 2. The second-order valence-corrected chi connectivity index (χ2v) is 4.61. The van der Waals surface area contributed by atoms with Gasteiger partial charge in [0, 0.05) is 5.41 Å². The fourth-order valence-electron chi connectivity index (χ4n) is 1.58. The van der Waals surface area contributed by atoms with Gasteiger partial charge in [-0.1, -0.05) is 26.0 Å². The fraction of sp³-hybridized carbons (Fsp3) is 0.417. The Hall–Kier alpha value is -1.56. The highest BCUT2D eigenvalue weighted by Gasteiger charge is 2.35. The van der Waals surface area contributed by atoms with Gasteiger partial charge >= 0.3 is 12.1 Å². The van der Waals surface area contributed by atoms with Gasteiger partial charge in [0.1, 0.15) is 6.04 Å². The van der Waals surface area contributed by atoms with Gasteiger partial charge in [0.05, 0.1) is 5.56 Å². The first-order chi connectivity index (χ1) is 8.06. The monoisotopic (exact) mass is 261 g/mol. The van der Waals surface area contributed by atoms with Gasteiger partial charge in [0.25, 0.3) is 0 Å². The molecule has 0 spiro atoms. The van der Waals surface area contributed by atoms with Crippen LogP contribution >= 0.6 is 0 Å². The molecule has 0 aromatic heterocycles. The van der Waals surface area contributed by atoms with Crippen LogP contribution in [-0.2, 0) is 16.4 Å². The Morgan fingerprint density at radius 3 is 1.89 bits per heavy atom. The predicted molar refractivity (Wildman–Crippen MR) is 60.1 cm³/mol. The van der Waals surface area contributed by atoms with Crippen LogP contribution in [-0.4, -0.2) is 17.1 Å². The van der Waals surface area contributed by atoms with Gasteiger partial charge in [-0.15, -0.1) is 0 Å². The van der Waals surface area contributed by atoms with Gasteiger partial charge in [-0.05, 0) is 17.7 Å². The van der Waals surface area contributed by atoms with Crippen molar-refractivity contribution < 1.29 is 23.1 Å². The van der Waals surface area contributed by atoms with E-state index in [4.69, 9.17) is 10.8 Å². The summed E-state index contributed by atoms with van der Waals surface area (Å²) in [5.41, 5.74) is 4.26. The van der Waals surface area contributed by atoms with Crippen molar-refractivity contribution in [3.63, 3.8) is 0 Å². The van der Waals surface area contributed by atoms with E-state index >= 15 is 0 Å². The van der Waals surface area contributed by atoms with Crippen LogP contribution in [0.5, 0.6) is 0 Å². The Morgan fingerprint density at radius 1 is 1.17 bits per heavy atom. The number of carboxylic acids is 1. The number of hydrogen-bond donors (Lipinski definition) is 2. The molecular formula is C12H14F3NO2. The molecule has 3 nitrogen and oxygen atoms in total. The summed E-state index contributed by atoms with van der Waals surface area (Å²) < 4.78 is 37.2. The molecule has 1 aromatic carbocycles. The van der Waals surface area contributed by atoms with Crippen LogP contribution in [0.3, 0.4) is 0 Å². The molecule has 3 N–H and O–H groups in total. The second kappa shape index (κ2) is 4.61. The summed E-state index contributed by atoms with van der Waals surface area (Å²) in [5, 5.41) is 8.86. The lowest BCUT2D eigenvalue weighted by Crippen LogP contribution is -2.46. The van der Waals surface area contributed by atoms with Crippen molar-refractivity contribution in [2.45, 2.75) is 31.5 Å². The number of carbonyl (C=O) groups is 1. The molecule has 0 fully saturated rings. The lowest BCUT2D eigenvalue weighted by molar-refractivity contribution is -0.140. The van der Waals surface area contributed by atoms with Crippen molar-refractivity contribution in [1.82, 2.24) is 0 Å². The molecule has 0 saturated heterocycles. The standard InChI is InChI=1S/C12H14F3NO2/c1-11(2,9(16)10(17)18)7-3-5-8(6-4-7)12(13,14)15/h3-6,9H,16H2,1-2H3,(H,17,18). The number of benzene rings is 1. The van der Waals surface area contributed by atoms with E-state index < -0.39 is 29.2 Å². The maximum atomic E-state index is 12.4. The Bertz CT molecular complexity index is 438. The van der Waals surface area contributed by atoms with Gasteiger partial charge in [0.15, 0.2) is 0 Å². The van der Waals surface area contributed by atoms with Crippen LogP contribution in [0, 0.1) is 0 Å². The third-order valence-corrected chi connectivity index (χ3v) is 3.00. The minimum Gasteiger partial charge on any atom is -0.480 e. The van der Waals surface area contributed by atoms with E-state index in [1.54, 1.807) is 13.8 Å². The average Bonchev–Trinajstić information content (AvgIpc) is 2.26. The predicted octanol–water partition coefficient (Wildman–Crippen LogP) is 2.39. The van der Waals surface area contributed by atoms with Crippen molar-refractivity contribution in [3.05, 3.63) is 35.4 Å². The van der Waals surface area contributed by atoms with Gasteiger partial charge in [-0.2, -0.15) is 13.2 Å². The average molecular weight is 261 g/mol. The number of nitrogens with two attached hydrogens (primary N) is 1. The molecule has 1 atom stereocenters. The van der Waals surface area contributed by atoms with Crippen LogP contribution in [0.4, 0.5) is 13.2 Å². The highest BCUT2D eigenvalue weighted by atomic mass is 19.4. The van der Waals surface area contributed by atoms with E-state index in [9.17, 15) is 18.0 Å². The topological polar surface area (TPSA) is 63.3 Å². The first-order valence-corrected chi connectivity index (χ1v) is 5.23. The summed E-state index contributed by atoms with van der Waals surface area (Å²) >= 11 is 0. The van der Waals surface area contributed by atoms with Crippen molar-refractivity contribution in [2.75, 3.05) is 0 Å².